The maximum Gasteiger partial charge on any atom is 1.00 e. The van der Waals surface area contributed by atoms with Crippen LogP contribution >= 0.6 is 31.9 Å². The number of nitro benzene ring substituents is 2. The van der Waals surface area contributed by atoms with E-state index in [0.717, 1.165) is 80.4 Å². The van der Waals surface area contributed by atoms with Crippen molar-refractivity contribution >= 4 is 55.4 Å². The number of piperidine rings is 2. The average molecular weight is 987 g/mol. The van der Waals surface area contributed by atoms with Gasteiger partial charge in [0.1, 0.15) is 5.82 Å². The van der Waals surface area contributed by atoms with Gasteiger partial charge in [-0.1, -0.05) is 0 Å². The standard InChI is InChI=1S/C17H25BrN4O3.C10H21N3.C7H5BrFNO3.CH2O3.2K.H/c1-19-7-9-20(10-8-19)13-3-5-21(6-4-13)15-12-17(25-2)16(22(23)24)11-14(15)18;1-12-6-8-13(9-7-12)10-2-4-11-5-3-10;1-13-7-3-5(9)4(8)2-6(7)10(11)12;2-1-4-3;;;/h11-13H,3-10H2,1-2H3;10-11H,2-9H2,1H3;2-3H,1H3;1,3H;;;/q;;;;2*+1;-1/p-1. The Morgan fingerprint density at radius 1 is 0.737 bits per heavy atom. The number of carbonyl (C=O) groups excluding carboxylic acids is 1. The average Bonchev–Trinajstić information content (AvgIpc) is 3.20. The number of benzene rings is 2. The Balaban J connectivity index is 0.000000840. The number of likely N-dealkylation sites (N-methyl/N-ethyl adjacent to an activating group) is 2. The summed E-state index contributed by atoms with van der Waals surface area (Å²) in [5.41, 5.74) is 0.695. The van der Waals surface area contributed by atoms with Crippen molar-refractivity contribution in [1.82, 2.24) is 24.9 Å². The molecule has 0 radical (unpaired) electrons. The van der Waals surface area contributed by atoms with Crippen LogP contribution in [0.15, 0.2) is 33.2 Å². The summed E-state index contributed by atoms with van der Waals surface area (Å²) in [6, 6.07) is 6.86. The van der Waals surface area contributed by atoms with E-state index in [-0.39, 0.29) is 132 Å². The number of rotatable bonds is 8. The second-order valence-corrected chi connectivity index (χ2v) is 15.2. The fraction of sp³-hybridized carbons (Fsp3) is 0.629. The zero-order chi connectivity index (χ0) is 40.5. The molecule has 4 aliphatic rings. The number of anilines is 1. The van der Waals surface area contributed by atoms with E-state index < -0.39 is 15.7 Å². The van der Waals surface area contributed by atoms with Crippen molar-refractivity contribution in [1.29, 1.82) is 0 Å². The van der Waals surface area contributed by atoms with Crippen molar-refractivity contribution in [3.05, 3.63) is 59.3 Å². The first-order valence-electron chi connectivity index (χ1n) is 18.1. The van der Waals surface area contributed by atoms with Crippen molar-refractivity contribution in [3.63, 3.8) is 0 Å². The van der Waals surface area contributed by atoms with Gasteiger partial charge in [-0.25, -0.2) is 4.39 Å². The van der Waals surface area contributed by atoms with Crippen molar-refractivity contribution < 1.29 is 143 Å². The summed E-state index contributed by atoms with van der Waals surface area (Å²) in [6.07, 6.45) is 4.94. The van der Waals surface area contributed by atoms with E-state index in [4.69, 9.17) is 14.8 Å². The van der Waals surface area contributed by atoms with Gasteiger partial charge in [-0.2, -0.15) is 0 Å². The van der Waals surface area contributed by atoms with Crippen LogP contribution in [-0.4, -0.2) is 155 Å². The van der Waals surface area contributed by atoms with Crippen LogP contribution in [0.4, 0.5) is 21.5 Å². The number of nitrogens with zero attached hydrogens (tertiary/aromatic N) is 7. The maximum atomic E-state index is 12.9. The van der Waals surface area contributed by atoms with Crippen LogP contribution in [0, 0.1) is 26.0 Å². The first-order valence-corrected chi connectivity index (χ1v) is 19.6. The van der Waals surface area contributed by atoms with Crippen LogP contribution < -0.4 is 128 Å². The number of methoxy groups -OCH3 is 2. The second-order valence-electron chi connectivity index (χ2n) is 13.5. The number of hydrogen-bond acceptors (Lipinski definition) is 15. The van der Waals surface area contributed by atoms with Crippen LogP contribution in [0.5, 0.6) is 11.5 Å². The Morgan fingerprint density at radius 3 is 1.54 bits per heavy atom. The molecule has 2 aromatic carbocycles. The quantitative estimate of drug-likeness (QED) is 0.0974. The molecule has 57 heavy (non-hydrogen) atoms. The molecule has 2 aromatic rings. The molecule has 0 atom stereocenters. The fourth-order valence-electron chi connectivity index (χ4n) is 6.92. The molecule has 4 fully saturated rings. The van der Waals surface area contributed by atoms with Gasteiger partial charge in [-0.3, -0.25) is 34.8 Å². The molecule has 4 heterocycles. The van der Waals surface area contributed by atoms with Gasteiger partial charge >= 0.3 is 114 Å². The van der Waals surface area contributed by atoms with E-state index in [1.807, 2.05) is 0 Å². The number of nitro groups is 2. The fourth-order valence-corrected chi connectivity index (χ4v) is 7.84. The zero-order valence-corrected chi connectivity index (χ0v) is 43.2. The van der Waals surface area contributed by atoms with Gasteiger partial charge in [0.15, 0.2) is 11.5 Å². The number of halogens is 3. The summed E-state index contributed by atoms with van der Waals surface area (Å²) < 4.78 is 23.5. The van der Waals surface area contributed by atoms with Crippen LogP contribution in [0.3, 0.4) is 0 Å². The molecule has 0 aromatic heterocycles. The molecule has 0 unspecified atom stereocenters. The molecule has 0 aliphatic carbocycles. The molecular weight excluding hydrogens is 933 g/mol. The molecule has 1 N–H and O–H groups in total. The smallest absolute Gasteiger partial charge is 1.00 e. The minimum atomic E-state index is -0.636. The second kappa shape index (κ2) is 29.4. The molecular formula is C35H53Br2FK2N8O9. The van der Waals surface area contributed by atoms with E-state index in [2.05, 4.69) is 85.4 Å². The molecule has 0 amide bonds. The monoisotopic (exact) mass is 984 g/mol. The molecule has 4 aliphatic heterocycles. The molecule has 0 saturated carbocycles. The molecule has 6 rings (SSSR count). The third kappa shape index (κ3) is 18.1. The van der Waals surface area contributed by atoms with Gasteiger partial charge in [-0.15, -0.1) is 0 Å². The van der Waals surface area contributed by atoms with Gasteiger partial charge in [0.05, 0.1) is 34.2 Å². The van der Waals surface area contributed by atoms with Gasteiger partial charge in [-0.05, 0) is 84.7 Å². The third-order valence-corrected chi connectivity index (χ3v) is 11.4. The van der Waals surface area contributed by atoms with Crippen molar-refractivity contribution in [2.45, 2.75) is 37.8 Å². The van der Waals surface area contributed by atoms with Crippen LogP contribution in [0.1, 0.15) is 27.1 Å². The number of hydrogen-bond donors (Lipinski definition) is 1. The number of piperazine rings is 2. The summed E-state index contributed by atoms with van der Waals surface area (Å²) in [5.74, 6) is -0.377. The van der Waals surface area contributed by atoms with Crippen LogP contribution in [-0.2, 0) is 9.68 Å². The first kappa shape index (κ1) is 55.1. The molecule has 310 valence electrons. The molecule has 22 heteroatoms. The van der Waals surface area contributed by atoms with Gasteiger partial charge in [0.25, 0.3) is 6.47 Å². The van der Waals surface area contributed by atoms with Gasteiger partial charge < -0.3 is 41.1 Å². The number of ether oxygens (including phenoxy) is 2. The van der Waals surface area contributed by atoms with E-state index in [1.54, 1.807) is 12.1 Å². The summed E-state index contributed by atoms with van der Waals surface area (Å²) in [5, 5.41) is 33.4. The summed E-state index contributed by atoms with van der Waals surface area (Å²) in [6.45, 7) is 13.8. The minimum absolute atomic E-state index is 0. The van der Waals surface area contributed by atoms with E-state index >= 15 is 0 Å². The summed E-state index contributed by atoms with van der Waals surface area (Å²) in [4.78, 5) is 44.2. The molecule has 17 nitrogen and oxygen atoms in total. The van der Waals surface area contributed by atoms with Crippen LogP contribution in [0.2, 0.25) is 0 Å². The maximum absolute atomic E-state index is 12.9. The van der Waals surface area contributed by atoms with Crippen molar-refractivity contribution in [2.75, 3.05) is 112 Å². The Hall–Kier alpha value is 0.0327. The minimum Gasteiger partial charge on any atom is -1.00 e. The Bertz CT molecular complexity index is 1540. The van der Waals surface area contributed by atoms with Gasteiger partial charge in [0.2, 0.25) is 0 Å². The Labute approximate surface area is 437 Å². The number of carbonyl (C=O) groups is 1. The van der Waals surface area contributed by atoms with E-state index in [1.165, 1.54) is 66.3 Å². The molecule has 0 spiro atoms. The number of nitrogens with one attached hydrogen (secondary N) is 1. The Kier molecular flexibility index (Phi) is 28.4. The summed E-state index contributed by atoms with van der Waals surface area (Å²) >= 11 is 6.34. The van der Waals surface area contributed by atoms with Gasteiger partial charge in [0, 0.05) is 106 Å². The molecule has 0 bridgehead atoms. The van der Waals surface area contributed by atoms with E-state index in [9.17, 15) is 24.6 Å². The SMILES string of the molecule is CN1CCN(C2CCNCC2)CC1.COc1cc(F)c(Br)cc1[N+](=O)[O-].COc1cc(N2CCC(N3CCN(C)CC3)CC2)c(Br)cc1[N+](=O)[O-].O=CO[O-].[H-].[K+].[K+]. The van der Waals surface area contributed by atoms with E-state index in [0.29, 0.717) is 11.8 Å². The van der Waals surface area contributed by atoms with Crippen molar-refractivity contribution in [3.8, 4) is 11.5 Å². The Morgan fingerprint density at radius 2 is 1.14 bits per heavy atom. The predicted molar refractivity (Wildman–Crippen MR) is 212 cm³/mol. The predicted octanol–water partition coefficient (Wildman–Crippen LogP) is -2.37. The first-order chi connectivity index (χ1) is 26.3. The third-order valence-electron chi connectivity index (χ3n) is 10.1. The molecule has 4 saturated heterocycles. The zero-order valence-electron chi connectivity index (χ0n) is 34.8. The van der Waals surface area contributed by atoms with Crippen molar-refractivity contribution in [2.24, 2.45) is 0 Å². The largest absolute Gasteiger partial charge is 1.00 e. The topological polar surface area (TPSA) is 182 Å². The normalized spacial score (nSPS) is 18.4. The summed E-state index contributed by atoms with van der Waals surface area (Å²) in [7, 11) is 7.12. The van der Waals surface area contributed by atoms with Crippen LogP contribution in [0.25, 0.3) is 0 Å².